The van der Waals surface area contributed by atoms with Gasteiger partial charge in [0, 0.05) is 0 Å². The summed E-state index contributed by atoms with van der Waals surface area (Å²) in [6.45, 7) is 2.80. The maximum atomic E-state index is 11.3. The second kappa shape index (κ2) is 2.90. The molecule has 0 aliphatic carbocycles. The minimum absolute atomic E-state index is 0.340. The summed E-state index contributed by atoms with van der Waals surface area (Å²) in [7, 11) is 0. The van der Waals surface area contributed by atoms with E-state index in [2.05, 4.69) is 6.58 Å². The number of carbonyl (C=O) groups is 1. The van der Waals surface area contributed by atoms with Crippen LogP contribution in [-0.4, -0.2) is 0.824 Å². The van der Waals surface area contributed by atoms with E-state index in [0.717, 1.165) is 0 Å². The van der Waals surface area contributed by atoms with E-state index in [-0.39, 0.29) is 43.6 Å². The Bertz CT molecular complexity index is 76.8. The number of hydrogen-bond acceptors (Lipinski definition) is 1. The van der Waals surface area contributed by atoms with Gasteiger partial charge in [-0.05, 0) is 0 Å². The Hall–Kier alpha value is 0.808. The van der Waals surface area contributed by atoms with E-state index in [0.29, 0.717) is 0 Å². The van der Waals surface area contributed by atoms with Crippen molar-refractivity contribution in [2.75, 3.05) is 0 Å². The average molecular weight is 300 g/mol. The Labute approximate surface area is 64.4 Å². The fourth-order valence-corrected chi connectivity index (χ4v) is 0. The summed E-state index contributed by atoms with van der Waals surface area (Å²) >= 11 is -0.340. The van der Waals surface area contributed by atoms with E-state index < -0.39 is 5.83 Å². The molecule has 0 amide bonds. The van der Waals surface area contributed by atoms with Crippen molar-refractivity contribution in [1.82, 2.24) is 0 Å². The van der Waals surface area contributed by atoms with Gasteiger partial charge in [0.05, 0.1) is 0 Å². The van der Waals surface area contributed by atoms with Gasteiger partial charge in [0.15, 0.2) is 0 Å². The van der Waals surface area contributed by atoms with Crippen LogP contribution in [0, 0.1) is 42.8 Å². The van der Waals surface area contributed by atoms with Crippen molar-refractivity contribution in [3.8, 4) is 0 Å². The molecule has 0 bridgehead atoms. The molecule has 1 nitrogen and oxygen atoms in total. The van der Waals surface area contributed by atoms with Crippen molar-refractivity contribution < 1.29 is 52.0 Å². The zero-order valence-corrected chi connectivity index (χ0v) is 11.7. The molecule has 0 aromatic rings. The van der Waals surface area contributed by atoms with E-state index in [9.17, 15) is 9.18 Å². The van der Waals surface area contributed by atoms with Crippen molar-refractivity contribution in [3.05, 3.63) is 12.4 Å². The van der Waals surface area contributed by atoms with Gasteiger partial charge in [-0.2, -0.15) is 0 Å². The van der Waals surface area contributed by atoms with E-state index >= 15 is 0 Å². The normalized spacial score (nSPS) is 7.33. The molecule has 30 valence electrons. The SMILES string of the molecule is C=C(F)[C](=O)[RaH]. The summed E-state index contributed by atoms with van der Waals surface area (Å²) in [5.41, 5.74) is 0. The van der Waals surface area contributed by atoms with Crippen LogP contribution < -0.4 is 0 Å². The number of halogens is 1. The van der Waals surface area contributed by atoms with Crippen molar-refractivity contribution in [3.63, 3.8) is 0 Å². The van der Waals surface area contributed by atoms with Crippen molar-refractivity contribution in [2.45, 2.75) is 0 Å². The Balaban J connectivity index is 3.57. The molecule has 0 N–H and O–H groups in total. The van der Waals surface area contributed by atoms with Crippen LogP contribution >= 0.6 is 0 Å². The van der Waals surface area contributed by atoms with Gasteiger partial charge in [0.1, 0.15) is 0 Å². The van der Waals surface area contributed by atoms with Crippen molar-refractivity contribution in [1.29, 1.82) is 0 Å². The molecular weight excluding hydrogens is 297 g/mol. The molecule has 0 spiro atoms. The molecule has 0 aromatic carbocycles. The third-order valence-corrected chi connectivity index (χ3v) is 2.61. The van der Waals surface area contributed by atoms with Crippen molar-refractivity contribution >= 4 is 0.824 Å². The van der Waals surface area contributed by atoms with E-state index in [1.165, 1.54) is 0 Å². The van der Waals surface area contributed by atoms with Gasteiger partial charge >= 0.3 is 65.2 Å². The first-order valence-corrected chi connectivity index (χ1v) is 5.61. The Morgan fingerprint density at radius 3 is 2.00 bits per heavy atom. The Kier molecular flexibility index (Phi) is 3.29. The monoisotopic (exact) mass is 300 g/mol. The van der Waals surface area contributed by atoms with Crippen LogP contribution in [0.4, 0.5) is 4.39 Å². The third-order valence-electron chi connectivity index (χ3n) is 0.382. The molecule has 0 rings (SSSR count). The second-order valence-electron chi connectivity index (χ2n) is 0.961. The maximum absolute atomic E-state index is 11.3. The van der Waals surface area contributed by atoms with Crippen LogP contribution in [0.15, 0.2) is 12.4 Å². The van der Waals surface area contributed by atoms with Crippen LogP contribution in [0.5, 0.6) is 0 Å². The fraction of sp³-hybridized carbons (Fsp3) is 0. The molecule has 0 aromatic heterocycles. The van der Waals surface area contributed by atoms with Crippen LogP contribution in [0.3, 0.4) is 0 Å². The molecule has 0 aliphatic rings. The average Bonchev–Trinajstić information content (AvgIpc) is 1.36. The van der Waals surface area contributed by atoms with Crippen molar-refractivity contribution in [2.24, 2.45) is 0 Å². The molecule has 6 heavy (non-hydrogen) atoms. The number of allylic oxidation sites excluding steroid dienone is 1. The van der Waals surface area contributed by atoms with E-state index in [1.807, 2.05) is 0 Å². The van der Waals surface area contributed by atoms with Crippen LogP contribution in [-0.2, 0) is 4.79 Å². The Morgan fingerprint density at radius 1 is 1.83 bits per heavy atom. The Morgan fingerprint density at radius 2 is 2.00 bits per heavy atom. The first kappa shape index (κ1) is 6.81. The molecule has 3 heteroatoms. The second-order valence-corrected chi connectivity index (χ2v) is 4.69. The predicted molar refractivity (Wildman–Crippen MR) is 16.7 cm³/mol. The van der Waals surface area contributed by atoms with Gasteiger partial charge in [-0.1, -0.05) is 0 Å². The zero-order valence-electron chi connectivity index (χ0n) is 3.49. The van der Waals surface area contributed by atoms with Gasteiger partial charge in [-0.15, -0.1) is 0 Å². The quantitative estimate of drug-likeness (QED) is 0.636. The standard InChI is InChI=1S/C3H2FO.Ra.H/c1-3(4)2-5;;/h1H2;;. The molecule has 0 saturated heterocycles. The van der Waals surface area contributed by atoms with Gasteiger partial charge < -0.3 is 0 Å². The summed E-state index contributed by atoms with van der Waals surface area (Å²) in [5.74, 6) is -0.778. The molecule has 0 aliphatic heterocycles. The third kappa shape index (κ3) is 3.02. The molecular formula is C3H3FORa. The molecule has 0 unspecified atom stereocenters. The van der Waals surface area contributed by atoms with Gasteiger partial charge in [0.2, 0.25) is 0 Å². The first-order chi connectivity index (χ1) is 2.64. The van der Waals surface area contributed by atoms with Gasteiger partial charge in [-0.25, -0.2) is 0 Å². The fourth-order valence-electron chi connectivity index (χ4n) is 0. The molecule has 0 saturated carbocycles. The number of carbonyl (C=O) groups excluding carboxylic acids is 1. The van der Waals surface area contributed by atoms with E-state index in [1.54, 1.807) is 0 Å². The van der Waals surface area contributed by atoms with Gasteiger partial charge in [0.25, 0.3) is 0 Å². The molecule has 0 heterocycles. The van der Waals surface area contributed by atoms with Crippen LogP contribution in [0.25, 0.3) is 0 Å². The predicted octanol–water partition coefficient (Wildman–Crippen LogP) is 0.278. The van der Waals surface area contributed by atoms with Crippen LogP contribution in [0.2, 0.25) is 0 Å². The zero-order chi connectivity index (χ0) is 5.15. The van der Waals surface area contributed by atoms with Crippen LogP contribution in [0.1, 0.15) is 0 Å². The number of hydrogen-bond donors (Lipinski definition) is 0. The summed E-state index contributed by atoms with van der Waals surface area (Å²) in [6, 6.07) is 0. The topological polar surface area (TPSA) is 17.1 Å². The molecule has 0 atom stereocenters. The van der Waals surface area contributed by atoms with Gasteiger partial charge in [-0.3, -0.25) is 0 Å². The molecule has 0 fully saturated rings. The summed E-state index contributed by atoms with van der Waals surface area (Å²) < 4.78 is 11.0. The summed E-state index contributed by atoms with van der Waals surface area (Å²) in [6.07, 6.45) is 0. The first-order valence-electron chi connectivity index (χ1n) is 1.50. The summed E-state index contributed by atoms with van der Waals surface area (Å²) in [4.78, 5) is 9.77. The minimum atomic E-state index is -0.778. The molecule has 0 radical (unpaired) electrons. The van der Waals surface area contributed by atoms with E-state index in [4.69, 9.17) is 0 Å². The number of rotatable bonds is 1. The summed E-state index contributed by atoms with van der Waals surface area (Å²) in [5, 5.41) is 0.